The second-order valence-electron chi connectivity index (χ2n) is 3.06. The van der Waals surface area contributed by atoms with Gasteiger partial charge < -0.3 is 10.1 Å². The summed E-state index contributed by atoms with van der Waals surface area (Å²) in [7, 11) is 0. The van der Waals surface area contributed by atoms with Crippen molar-refractivity contribution < 1.29 is 9.50 Å². The first kappa shape index (κ1) is 10.8. The van der Waals surface area contributed by atoms with E-state index in [1.54, 1.807) is 0 Å². The number of aromatic amines is 1. The molecule has 2 rings (SSSR count). The van der Waals surface area contributed by atoms with Gasteiger partial charge in [-0.2, -0.15) is 4.98 Å². The van der Waals surface area contributed by atoms with Crippen molar-refractivity contribution >= 4 is 15.9 Å². The van der Waals surface area contributed by atoms with Gasteiger partial charge in [0.05, 0.1) is 0 Å². The van der Waals surface area contributed by atoms with E-state index >= 15 is 0 Å². The Labute approximate surface area is 97.9 Å². The molecule has 0 aliphatic rings. The number of hydrogen-bond acceptors (Lipinski definition) is 3. The second kappa shape index (κ2) is 4.05. The van der Waals surface area contributed by atoms with Crippen molar-refractivity contribution in [1.82, 2.24) is 9.97 Å². The van der Waals surface area contributed by atoms with E-state index in [4.69, 9.17) is 0 Å². The lowest BCUT2D eigenvalue weighted by Crippen LogP contribution is -2.09. The number of hydrogen-bond donors (Lipinski definition) is 2. The summed E-state index contributed by atoms with van der Waals surface area (Å²) in [6.07, 6.45) is 0. The number of nitrogens with one attached hydrogen (secondary N) is 1. The molecule has 16 heavy (non-hydrogen) atoms. The summed E-state index contributed by atoms with van der Waals surface area (Å²) in [6, 6.07) is 5.41. The summed E-state index contributed by atoms with van der Waals surface area (Å²) >= 11 is 2.88. The number of nitrogens with zero attached hydrogens (tertiary/aromatic N) is 1. The minimum atomic E-state index is -0.494. The molecule has 2 N–H and O–H groups in total. The lowest BCUT2D eigenvalue weighted by atomic mass is 10.2. The largest absolute Gasteiger partial charge is 0.492 e. The van der Waals surface area contributed by atoms with Gasteiger partial charge in [-0.25, -0.2) is 4.39 Å². The lowest BCUT2D eigenvalue weighted by Gasteiger charge is -2.02. The van der Waals surface area contributed by atoms with Crippen LogP contribution in [0.3, 0.4) is 0 Å². The van der Waals surface area contributed by atoms with E-state index in [1.807, 2.05) is 0 Å². The third-order valence-corrected chi connectivity index (χ3v) is 2.68. The second-order valence-corrected chi connectivity index (χ2v) is 3.85. The molecular weight excluding hydrogens is 279 g/mol. The monoisotopic (exact) mass is 284 g/mol. The minimum Gasteiger partial charge on any atom is -0.492 e. The van der Waals surface area contributed by atoms with E-state index < -0.39 is 11.4 Å². The van der Waals surface area contributed by atoms with Crippen LogP contribution in [0.25, 0.3) is 11.4 Å². The Kier molecular flexibility index (Phi) is 2.74. The average molecular weight is 285 g/mol. The fourth-order valence-electron chi connectivity index (χ4n) is 1.19. The van der Waals surface area contributed by atoms with Crippen LogP contribution in [-0.4, -0.2) is 15.1 Å². The van der Waals surface area contributed by atoms with Crippen LogP contribution in [0.1, 0.15) is 0 Å². The van der Waals surface area contributed by atoms with Gasteiger partial charge in [0.1, 0.15) is 16.1 Å². The topological polar surface area (TPSA) is 66.0 Å². The maximum absolute atomic E-state index is 12.7. The van der Waals surface area contributed by atoms with Gasteiger partial charge in [-0.3, -0.25) is 4.79 Å². The number of benzene rings is 1. The quantitative estimate of drug-likeness (QED) is 0.842. The molecule has 0 radical (unpaired) electrons. The fourth-order valence-corrected chi connectivity index (χ4v) is 1.38. The van der Waals surface area contributed by atoms with Crippen molar-refractivity contribution in [1.29, 1.82) is 0 Å². The van der Waals surface area contributed by atoms with E-state index in [2.05, 4.69) is 25.9 Å². The highest BCUT2D eigenvalue weighted by atomic mass is 79.9. The van der Waals surface area contributed by atoms with E-state index in [1.165, 1.54) is 24.3 Å². The van der Waals surface area contributed by atoms with Gasteiger partial charge in [0, 0.05) is 5.56 Å². The smallest absolute Gasteiger partial charge is 0.269 e. The Morgan fingerprint density at radius 1 is 1.31 bits per heavy atom. The Morgan fingerprint density at radius 2 is 1.94 bits per heavy atom. The average Bonchev–Trinajstić information content (AvgIpc) is 2.26. The molecule has 6 heteroatoms. The minimum absolute atomic E-state index is 0.0293. The Hall–Kier alpha value is -1.69. The zero-order valence-electron chi connectivity index (χ0n) is 7.87. The summed E-state index contributed by atoms with van der Waals surface area (Å²) < 4.78 is 12.6. The highest BCUT2D eigenvalue weighted by molar-refractivity contribution is 9.10. The molecule has 0 saturated carbocycles. The zero-order valence-corrected chi connectivity index (χ0v) is 9.45. The molecule has 0 aliphatic heterocycles. The van der Waals surface area contributed by atoms with Crippen molar-refractivity contribution in [3.63, 3.8) is 0 Å². The van der Waals surface area contributed by atoms with Crippen LogP contribution in [0, 0.1) is 5.82 Å². The third-order valence-electron chi connectivity index (χ3n) is 1.96. The van der Waals surface area contributed by atoms with Gasteiger partial charge in [-0.15, -0.1) is 0 Å². The van der Waals surface area contributed by atoms with Crippen LogP contribution in [0.2, 0.25) is 0 Å². The molecule has 2 aromatic rings. The molecule has 4 nitrogen and oxygen atoms in total. The summed E-state index contributed by atoms with van der Waals surface area (Å²) in [6.45, 7) is 0. The summed E-state index contributed by atoms with van der Waals surface area (Å²) in [5.74, 6) is -0.596. The van der Waals surface area contributed by atoms with Crippen molar-refractivity contribution in [3.05, 3.63) is 44.9 Å². The van der Waals surface area contributed by atoms with Crippen LogP contribution in [0.4, 0.5) is 4.39 Å². The van der Waals surface area contributed by atoms with Crippen LogP contribution >= 0.6 is 15.9 Å². The molecule has 0 bridgehead atoms. The number of rotatable bonds is 1. The highest BCUT2D eigenvalue weighted by Gasteiger charge is 2.08. The van der Waals surface area contributed by atoms with Crippen LogP contribution in [0.5, 0.6) is 5.88 Å². The molecule has 0 unspecified atom stereocenters. The van der Waals surface area contributed by atoms with Crippen molar-refractivity contribution in [2.24, 2.45) is 0 Å². The lowest BCUT2D eigenvalue weighted by molar-refractivity contribution is 0.448. The third kappa shape index (κ3) is 1.96. The maximum Gasteiger partial charge on any atom is 0.269 e. The number of halogens is 2. The van der Waals surface area contributed by atoms with Gasteiger partial charge in [0.2, 0.25) is 5.88 Å². The summed E-state index contributed by atoms with van der Waals surface area (Å²) in [5.41, 5.74) is 0.0214. The molecule has 82 valence electrons. The molecule has 0 atom stereocenters. The number of aromatic nitrogens is 2. The molecule has 0 fully saturated rings. The van der Waals surface area contributed by atoms with Gasteiger partial charge in [0.15, 0.2) is 0 Å². The van der Waals surface area contributed by atoms with Crippen molar-refractivity contribution in [2.45, 2.75) is 0 Å². The summed E-state index contributed by atoms with van der Waals surface area (Å²) in [4.78, 5) is 17.5. The molecule has 0 saturated heterocycles. The molecule has 0 spiro atoms. The van der Waals surface area contributed by atoms with E-state index in [0.717, 1.165) is 0 Å². The highest BCUT2D eigenvalue weighted by Crippen LogP contribution is 2.20. The van der Waals surface area contributed by atoms with Crippen LogP contribution in [-0.2, 0) is 0 Å². The SMILES string of the molecule is O=c1[nH]c(-c2ccc(F)cc2)nc(O)c1Br. The fraction of sp³-hybridized carbons (Fsp3) is 0. The maximum atomic E-state index is 12.7. The van der Waals surface area contributed by atoms with Gasteiger partial charge >= 0.3 is 0 Å². The molecule has 1 aromatic carbocycles. The Balaban J connectivity index is 2.57. The zero-order chi connectivity index (χ0) is 11.7. The first-order chi connectivity index (χ1) is 7.58. The molecule has 1 aromatic heterocycles. The predicted octanol–water partition coefficient (Wildman–Crippen LogP) is 2.04. The number of H-pyrrole nitrogens is 1. The van der Waals surface area contributed by atoms with Crippen molar-refractivity contribution in [2.75, 3.05) is 0 Å². The normalized spacial score (nSPS) is 10.4. The first-order valence-corrected chi connectivity index (χ1v) is 5.12. The first-order valence-electron chi connectivity index (χ1n) is 4.32. The van der Waals surface area contributed by atoms with Crippen LogP contribution < -0.4 is 5.56 Å². The Morgan fingerprint density at radius 3 is 2.50 bits per heavy atom. The van der Waals surface area contributed by atoms with Crippen LogP contribution in [0.15, 0.2) is 33.5 Å². The van der Waals surface area contributed by atoms with Gasteiger partial charge in [-0.1, -0.05) is 0 Å². The van der Waals surface area contributed by atoms with Gasteiger partial charge in [0.25, 0.3) is 5.56 Å². The molecule has 0 aliphatic carbocycles. The van der Waals surface area contributed by atoms with Gasteiger partial charge in [-0.05, 0) is 40.2 Å². The Bertz CT molecular complexity index is 580. The van der Waals surface area contributed by atoms with E-state index in [0.29, 0.717) is 5.56 Å². The van der Waals surface area contributed by atoms with Crippen molar-refractivity contribution in [3.8, 4) is 17.3 Å². The summed E-state index contributed by atoms with van der Waals surface area (Å²) in [5, 5.41) is 9.34. The number of aromatic hydroxyl groups is 1. The van der Waals surface area contributed by atoms with E-state index in [-0.39, 0.29) is 16.1 Å². The predicted molar refractivity (Wildman–Crippen MR) is 59.6 cm³/mol. The van der Waals surface area contributed by atoms with E-state index in [9.17, 15) is 14.3 Å². The molecular formula is C10H6BrFN2O2. The standard InChI is InChI=1S/C10H6BrFN2O2/c11-7-9(15)13-8(14-10(7)16)5-1-3-6(12)4-2-5/h1-4H,(H2,13,14,15,16). The molecule has 1 heterocycles. The molecule has 0 amide bonds.